The largest absolute Gasteiger partial charge is 0.381 e. The van der Waals surface area contributed by atoms with Gasteiger partial charge in [0, 0.05) is 43.2 Å². The second-order valence-electron chi connectivity index (χ2n) is 8.00. The summed E-state index contributed by atoms with van der Waals surface area (Å²) in [6, 6.07) is 9.35. The molecule has 2 atom stereocenters. The minimum absolute atomic E-state index is 0.214. The first kappa shape index (κ1) is 20.6. The van der Waals surface area contributed by atoms with Crippen LogP contribution in [0.2, 0.25) is 0 Å². The maximum absolute atomic E-state index is 12.5. The summed E-state index contributed by atoms with van der Waals surface area (Å²) in [6.45, 7) is 4.81. The van der Waals surface area contributed by atoms with Gasteiger partial charge in [0.2, 0.25) is 0 Å². The van der Waals surface area contributed by atoms with E-state index in [0.717, 1.165) is 38.3 Å². The van der Waals surface area contributed by atoms with Crippen LogP contribution >= 0.6 is 0 Å². The number of nitrogens with zero attached hydrogens (tertiary/aromatic N) is 3. The van der Waals surface area contributed by atoms with E-state index in [9.17, 15) is 9.59 Å². The fraction of sp³-hybridized carbons (Fsp3) is 0.500. The lowest BCUT2D eigenvalue weighted by Gasteiger charge is -2.32. The lowest BCUT2D eigenvalue weighted by Crippen LogP contribution is -2.48. The molecule has 8 heteroatoms. The molecular formula is C22H29N5O3. The van der Waals surface area contributed by atoms with Crippen LogP contribution in [0.1, 0.15) is 24.8 Å². The Morgan fingerprint density at radius 3 is 2.90 bits per heavy atom. The Kier molecular flexibility index (Phi) is 6.76. The van der Waals surface area contributed by atoms with Gasteiger partial charge in [-0.25, -0.2) is 14.6 Å². The molecule has 0 spiro atoms. The molecule has 4 rings (SSSR count). The SMILES string of the molecule is O=C(NC[C@@H]([C@H]1CCOC1)N1CCCC1)Nc1cccc(Cn2cccnc2=O)c1. The van der Waals surface area contributed by atoms with Gasteiger partial charge in [-0.1, -0.05) is 12.1 Å². The van der Waals surface area contributed by atoms with E-state index >= 15 is 0 Å². The van der Waals surface area contributed by atoms with Crippen LogP contribution in [0.5, 0.6) is 0 Å². The van der Waals surface area contributed by atoms with E-state index in [4.69, 9.17) is 4.74 Å². The molecule has 0 saturated carbocycles. The minimum Gasteiger partial charge on any atom is -0.381 e. The third kappa shape index (κ3) is 5.25. The van der Waals surface area contributed by atoms with E-state index < -0.39 is 0 Å². The number of benzene rings is 1. The van der Waals surface area contributed by atoms with E-state index in [-0.39, 0.29) is 11.7 Å². The summed E-state index contributed by atoms with van der Waals surface area (Å²) >= 11 is 0. The van der Waals surface area contributed by atoms with Crippen molar-refractivity contribution < 1.29 is 9.53 Å². The number of likely N-dealkylation sites (tertiary alicyclic amines) is 1. The number of carbonyl (C=O) groups excluding carboxylic acids is 1. The number of hydrogen-bond acceptors (Lipinski definition) is 5. The molecule has 0 unspecified atom stereocenters. The van der Waals surface area contributed by atoms with Crippen molar-refractivity contribution >= 4 is 11.7 Å². The highest BCUT2D eigenvalue weighted by Gasteiger charge is 2.32. The molecule has 1 aromatic heterocycles. The number of rotatable bonds is 7. The number of amides is 2. The van der Waals surface area contributed by atoms with Crippen molar-refractivity contribution in [3.8, 4) is 0 Å². The molecule has 0 radical (unpaired) electrons. The zero-order chi connectivity index (χ0) is 20.8. The van der Waals surface area contributed by atoms with Crippen molar-refractivity contribution in [3.05, 3.63) is 58.8 Å². The predicted molar refractivity (Wildman–Crippen MR) is 115 cm³/mol. The molecule has 2 amide bonds. The summed E-state index contributed by atoms with van der Waals surface area (Å²) in [5, 5.41) is 5.97. The number of hydrogen-bond donors (Lipinski definition) is 2. The van der Waals surface area contributed by atoms with Crippen LogP contribution in [0.15, 0.2) is 47.5 Å². The van der Waals surface area contributed by atoms with Crippen LogP contribution in [0.3, 0.4) is 0 Å². The van der Waals surface area contributed by atoms with Crippen LogP contribution in [0, 0.1) is 5.92 Å². The second-order valence-corrected chi connectivity index (χ2v) is 8.00. The van der Waals surface area contributed by atoms with E-state index in [0.29, 0.717) is 30.7 Å². The third-order valence-corrected chi connectivity index (χ3v) is 5.91. The monoisotopic (exact) mass is 411 g/mol. The lowest BCUT2D eigenvalue weighted by molar-refractivity contribution is 0.135. The lowest BCUT2D eigenvalue weighted by atomic mass is 9.97. The Hall–Kier alpha value is -2.71. The number of urea groups is 1. The summed E-state index contributed by atoms with van der Waals surface area (Å²) in [7, 11) is 0. The van der Waals surface area contributed by atoms with Gasteiger partial charge in [0.25, 0.3) is 0 Å². The van der Waals surface area contributed by atoms with Crippen LogP contribution in [0.25, 0.3) is 0 Å². The van der Waals surface area contributed by atoms with Crippen molar-refractivity contribution in [2.24, 2.45) is 5.92 Å². The number of aromatic nitrogens is 2. The molecule has 2 aliphatic heterocycles. The Balaban J connectivity index is 1.34. The van der Waals surface area contributed by atoms with E-state index in [1.165, 1.54) is 23.6 Å². The van der Waals surface area contributed by atoms with Gasteiger partial charge in [0.15, 0.2) is 0 Å². The highest BCUT2D eigenvalue weighted by molar-refractivity contribution is 5.89. The first-order valence-electron chi connectivity index (χ1n) is 10.7. The molecular weight excluding hydrogens is 382 g/mol. The molecule has 0 aliphatic carbocycles. The van der Waals surface area contributed by atoms with Crippen LogP contribution in [-0.2, 0) is 11.3 Å². The van der Waals surface area contributed by atoms with Crippen molar-refractivity contribution in [1.29, 1.82) is 0 Å². The van der Waals surface area contributed by atoms with Crippen LogP contribution in [-0.4, -0.2) is 59.4 Å². The number of anilines is 1. The third-order valence-electron chi connectivity index (χ3n) is 5.91. The van der Waals surface area contributed by atoms with Crippen molar-refractivity contribution in [2.75, 3.05) is 38.2 Å². The standard InChI is InChI=1S/C22H29N5O3/c28-21(24-14-20(18-7-12-30-16-18)26-9-1-2-10-26)25-19-6-3-5-17(13-19)15-27-11-4-8-23-22(27)29/h3-6,8,11,13,18,20H,1-2,7,9-10,12,14-16H2,(H2,24,25,28)/t18-,20-/m0/s1. The molecule has 2 aromatic rings. The van der Waals surface area contributed by atoms with E-state index in [2.05, 4.69) is 20.5 Å². The first-order chi connectivity index (χ1) is 14.7. The molecule has 0 bridgehead atoms. The number of carbonyl (C=O) groups is 1. The Morgan fingerprint density at radius 2 is 2.13 bits per heavy atom. The van der Waals surface area contributed by atoms with Gasteiger partial charge in [-0.2, -0.15) is 0 Å². The average molecular weight is 412 g/mol. The van der Waals surface area contributed by atoms with Gasteiger partial charge in [-0.15, -0.1) is 0 Å². The fourth-order valence-corrected chi connectivity index (χ4v) is 4.35. The van der Waals surface area contributed by atoms with E-state index in [1.807, 2.05) is 24.3 Å². The maximum Gasteiger partial charge on any atom is 0.347 e. The summed E-state index contributed by atoms with van der Waals surface area (Å²) < 4.78 is 7.12. The predicted octanol–water partition coefficient (Wildman–Crippen LogP) is 1.91. The highest BCUT2D eigenvalue weighted by Crippen LogP contribution is 2.24. The number of nitrogens with one attached hydrogen (secondary N) is 2. The topological polar surface area (TPSA) is 88.5 Å². The molecule has 30 heavy (non-hydrogen) atoms. The molecule has 2 aliphatic rings. The highest BCUT2D eigenvalue weighted by atomic mass is 16.5. The van der Waals surface area contributed by atoms with Gasteiger partial charge < -0.3 is 15.4 Å². The minimum atomic E-state index is -0.294. The quantitative estimate of drug-likeness (QED) is 0.727. The molecule has 2 fully saturated rings. The van der Waals surface area contributed by atoms with Gasteiger partial charge in [0.05, 0.1) is 13.2 Å². The van der Waals surface area contributed by atoms with E-state index in [1.54, 1.807) is 12.3 Å². The van der Waals surface area contributed by atoms with Gasteiger partial charge in [-0.3, -0.25) is 9.47 Å². The van der Waals surface area contributed by atoms with Crippen molar-refractivity contribution in [2.45, 2.75) is 31.8 Å². The van der Waals surface area contributed by atoms with Crippen LogP contribution < -0.4 is 16.3 Å². The molecule has 160 valence electrons. The molecule has 8 nitrogen and oxygen atoms in total. The van der Waals surface area contributed by atoms with Gasteiger partial charge in [-0.05, 0) is 56.1 Å². The summed E-state index contributed by atoms with van der Waals surface area (Å²) in [6.07, 6.45) is 6.69. The normalized spacial score (nSPS) is 20.2. The molecule has 2 saturated heterocycles. The number of ether oxygens (including phenoxy) is 1. The second kappa shape index (κ2) is 9.86. The summed E-state index contributed by atoms with van der Waals surface area (Å²) in [4.78, 5) is 30.6. The van der Waals surface area contributed by atoms with Crippen molar-refractivity contribution in [3.63, 3.8) is 0 Å². The Labute approximate surface area is 176 Å². The Bertz CT molecular complexity index is 887. The maximum atomic E-state index is 12.5. The smallest absolute Gasteiger partial charge is 0.347 e. The summed E-state index contributed by atoms with van der Waals surface area (Å²) in [5.74, 6) is 0.476. The molecule has 1 aromatic carbocycles. The van der Waals surface area contributed by atoms with Gasteiger partial charge in [0.1, 0.15) is 0 Å². The van der Waals surface area contributed by atoms with Crippen molar-refractivity contribution in [1.82, 2.24) is 19.8 Å². The summed E-state index contributed by atoms with van der Waals surface area (Å²) in [5.41, 5.74) is 1.32. The zero-order valence-electron chi connectivity index (χ0n) is 17.1. The van der Waals surface area contributed by atoms with Crippen LogP contribution in [0.4, 0.5) is 10.5 Å². The van der Waals surface area contributed by atoms with Gasteiger partial charge >= 0.3 is 11.7 Å². The average Bonchev–Trinajstić information content (AvgIpc) is 3.45. The molecule has 2 N–H and O–H groups in total. The fourth-order valence-electron chi connectivity index (χ4n) is 4.35. The first-order valence-corrected chi connectivity index (χ1v) is 10.7. The molecule has 3 heterocycles. The Morgan fingerprint density at radius 1 is 1.27 bits per heavy atom. The zero-order valence-corrected chi connectivity index (χ0v) is 17.1.